The van der Waals surface area contributed by atoms with Crippen LogP contribution >= 0.6 is 0 Å². The van der Waals surface area contributed by atoms with E-state index in [0.29, 0.717) is 139 Å². The van der Waals surface area contributed by atoms with Gasteiger partial charge in [0.1, 0.15) is 6.61 Å². The molecule has 0 aromatic carbocycles. The molecule has 0 fully saturated rings. The van der Waals surface area contributed by atoms with E-state index in [1.54, 1.807) is 0 Å². The first-order valence-electron chi connectivity index (χ1n) is 15.3. The zero-order chi connectivity index (χ0) is 32.9. The number of carbonyl (C=O) groups is 3. The Kier molecular flexibility index (Phi) is 35.1. The van der Waals surface area contributed by atoms with Gasteiger partial charge in [0.25, 0.3) is 0 Å². The molecule has 0 aromatic rings. The van der Waals surface area contributed by atoms with E-state index in [9.17, 15) is 14.4 Å². The number of ketones is 1. The molecule has 0 saturated carbocycles. The summed E-state index contributed by atoms with van der Waals surface area (Å²) in [5, 5.41) is 8.43. The van der Waals surface area contributed by atoms with Gasteiger partial charge >= 0.3 is 11.9 Å². The summed E-state index contributed by atoms with van der Waals surface area (Å²) >= 11 is 0. The summed E-state index contributed by atoms with van der Waals surface area (Å²) in [6, 6.07) is 0. The van der Waals surface area contributed by atoms with Crippen LogP contribution in [0, 0.1) is 0 Å². The maximum Gasteiger partial charge on any atom is 0.372 e. The maximum absolute atomic E-state index is 11.4. The van der Waals surface area contributed by atoms with Gasteiger partial charge in [0.2, 0.25) is 5.78 Å². The van der Waals surface area contributed by atoms with Crippen molar-refractivity contribution in [1.29, 1.82) is 0 Å². The first-order chi connectivity index (χ1) is 22.1. The molecule has 0 aromatic heterocycles. The van der Waals surface area contributed by atoms with E-state index in [1.165, 1.54) is 0 Å². The molecule has 16 nitrogen and oxygen atoms in total. The first kappa shape index (κ1) is 43.2. The Morgan fingerprint density at radius 1 is 0.378 bits per heavy atom. The SMILES string of the molecule is CCOCCOCCOCCOCCOCCOCCOCCOCCOCCOCCOCCOC(=O)CCC(=O)C(=O)O. The Bertz CT molecular complexity index is 666. The van der Waals surface area contributed by atoms with Crippen molar-refractivity contribution in [2.75, 3.05) is 152 Å². The van der Waals surface area contributed by atoms with Crippen molar-refractivity contribution in [2.24, 2.45) is 0 Å². The van der Waals surface area contributed by atoms with Crippen molar-refractivity contribution in [1.82, 2.24) is 0 Å². The minimum Gasteiger partial charge on any atom is -0.476 e. The summed E-state index contributed by atoms with van der Waals surface area (Å²) in [7, 11) is 0. The topological polar surface area (TPSA) is 182 Å². The van der Waals surface area contributed by atoms with Crippen LogP contribution in [-0.2, 0) is 71.2 Å². The fourth-order valence-corrected chi connectivity index (χ4v) is 2.95. The minimum atomic E-state index is -1.56. The highest BCUT2D eigenvalue weighted by Gasteiger charge is 2.14. The average molecular weight is 659 g/mol. The summed E-state index contributed by atoms with van der Waals surface area (Å²) in [6.45, 7) is 12.4. The second kappa shape index (κ2) is 36.6. The molecule has 0 radical (unpaired) electrons. The third-order valence-electron chi connectivity index (χ3n) is 5.21. The number of carbonyl (C=O) groups excluding carboxylic acids is 2. The van der Waals surface area contributed by atoms with Crippen molar-refractivity contribution in [2.45, 2.75) is 19.8 Å². The highest BCUT2D eigenvalue weighted by molar-refractivity contribution is 6.32. The predicted octanol–water partition coefficient (Wildman–Crippen LogP) is 0.166. The first-order valence-corrected chi connectivity index (χ1v) is 15.3. The van der Waals surface area contributed by atoms with Gasteiger partial charge in [0.05, 0.1) is 145 Å². The van der Waals surface area contributed by atoms with Gasteiger partial charge in [-0.05, 0) is 6.92 Å². The van der Waals surface area contributed by atoms with Crippen molar-refractivity contribution >= 4 is 17.7 Å². The summed E-state index contributed by atoms with van der Waals surface area (Å²) in [6.07, 6.45) is -0.659. The number of rotatable bonds is 38. The Morgan fingerprint density at radius 2 is 0.622 bits per heavy atom. The van der Waals surface area contributed by atoms with E-state index < -0.39 is 17.7 Å². The largest absolute Gasteiger partial charge is 0.476 e. The lowest BCUT2D eigenvalue weighted by atomic mass is 10.2. The number of carboxylic acids is 1. The highest BCUT2D eigenvalue weighted by Crippen LogP contribution is 1.95. The van der Waals surface area contributed by atoms with Gasteiger partial charge in [-0.3, -0.25) is 9.59 Å². The maximum atomic E-state index is 11.4. The zero-order valence-corrected chi connectivity index (χ0v) is 26.7. The monoisotopic (exact) mass is 658 g/mol. The van der Waals surface area contributed by atoms with Crippen LogP contribution in [0.1, 0.15) is 19.8 Å². The molecule has 0 aliphatic rings. The van der Waals surface area contributed by atoms with Crippen LogP contribution in [0.25, 0.3) is 0 Å². The average Bonchev–Trinajstić information content (AvgIpc) is 3.03. The van der Waals surface area contributed by atoms with E-state index in [0.717, 1.165) is 0 Å². The molecule has 266 valence electrons. The molecule has 45 heavy (non-hydrogen) atoms. The number of hydrogen-bond acceptors (Lipinski definition) is 15. The molecular weight excluding hydrogens is 604 g/mol. The fraction of sp³-hybridized carbons (Fsp3) is 0.897. The molecule has 0 saturated heterocycles. The quantitative estimate of drug-likeness (QED) is 0.0538. The number of esters is 1. The standard InChI is InChI=1S/C29H54O16/c1-2-34-5-6-35-7-8-36-9-10-37-11-12-38-13-14-39-15-16-40-17-18-41-19-20-42-21-22-43-23-24-44-25-26-45-28(31)4-3-27(30)29(32)33/h2-26H2,1H3,(H,32,33). The number of aliphatic carboxylic acids is 1. The summed E-state index contributed by atoms with van der Waals surface area (Å²) in [4.78, 5) is 32.6. The van der Waals surface area contributed by atoms with Crippen molar-refractivity contribution in [3.63, 3.8) is 0 Å². The third kappa shape index (κ3) is 36.5. The molecular formula is C29H54O16. The summed E-state index contributed by atoms with van der Waals surface area (Å²) < 4.78 is 64.0. The normalized spacial score (nSPS) is 11.2. The lowest BCUT2D eigenvalue weighted by molar-refractivity contribution is -0.151. The van der Waals surface area contributed by atoms with Crippen LogP contribution in [0.3, 0.4) is 0 Å². The van der Waals surface area contributed by atoms with Gasteiger partial charge in [-0.15, -0.1) is 0 Å². The third-order valence-corrected chi connectivity index (χ3v) is 5.21. The minimum absolute atomic E-state index is 0.0146. The molecule has 0 atom stereocenters. The van der Waals surface area contributed by atoms with E-state index in [4.69, 9.17) is 61.9 Å². The summed E-state index contributed by atoms with van der Waals surface area (Å²) in [5.74, 6) is -3.24. The van der Waals surface area contributed by atoms with Crippen LogP contribution in [0.15, 0.2) is 0 Å². The lowest BCUT2D eigenvalue weighted by Gasteiger charge is -2.09. The van der Waals surface area contributed by atoms with Gasteiger partial charge in [0.15, 0.2) is 0 Å². The molecule has 0 amide bonds. The number of ether oxygens (including phenoxy) is 12. The van der Waals surface area contributed by atoms with Crippen LogP contribution in [0.5, 0.6) is 0 Å². The molecule has 0 rings (SSSR count). The van der Waals surface area contributed by atoms with E-state index in [2.05, 4.69) is 0 Å². The van der Waals surface area contributed by atoms with E-state index >= 15 is 0 Å². The number of hydrogen-bond donors (Lipinski definition) is 1. The van der Waals surface area contributed by atoms with Gasteiger partial charge in [0, 0.05) is 13.0 Å². The van der Waals surface area contributed by atoms with E-state index in [1.807, 2.05) is 6.92 Å². The fourth-order valence-electron chi connectivity index (χ4n) is 2.95. The van der Waals surface area contributed by atoms with Gasteiger partial charge in [-0.1, -0.05) is 0 Å². The Morgan fingerprint density at radius 3 is 0.867 bits per heavy atom. The Hall–Kier alpha value is -1.83. The summed E-state index contributed by atoms with van der Waals surface area (Å²) in [5.41, 5.74) is 0. The molecule has 0 aliphatic carbocycles. The predicted molar refractivity (Wildman–Crippen MR) is 158 cm³/mol. The number of Topliss-reactive ketones (excluding diaryl/α,β-unsaturated/α-hetero) is 1. The Balaban J connectivity index is 3.12. The second-order valence-electron chi connectivity index (χ2n) is 8.77. The highest BCUT2D eigenvalue weighted by atomic mass is 16.6. The van der Waals surface area contributed by atoms with Gasteiger partial charge in [-0.25, -0.2) is 4.79 Å². The second-order valence-corrected chi connectivity index (χ2v) is 8.77. The molecule has 0 aliphatic heterocycles. The van der Waals surface area contributed by atoms with Crippen LogP contribution in [-0.4, -0.2) is 175 Å². The molecule has 0 bridgehead atoms. The molecule has 0 unspecified atom stereocenters. The molecule has 0 heterocycles. The number of carboxylic acid groups (broad SMARTS) is 1. The molecule has 0 spiro atoms. The zero-order valence-electron chi connectivity index (χ0n) is 26.7. The van der Waals surface area contributed by atoms with Gasteiger partial charge in [-0.2, -0.15) is 0 Å². The van der Waals surface area contributed by atoms with Crippen LogP contribution in [0.4, 0.5) is 0 Å². The van der Waals surface area contributed by atoms with Crippen molar-refractivity contribution in [3.8, 4) is 0 Å². The van der Waals surface area contributed by atoms with Gasteiger partial charge < -0.3 is 61.9 Å². The van der Waals surface area contributed by atoms with E-state index in [-0.39, 0.29) is 26.1 Å². The molecule has 1 N–H and O–H groups in total. The smallest absolute Gasteiger partial charge is 0.372 e. The van der Waals surface area contributed by atoms with Crippen LogP contribution in [0.2, 0.25) is 0 Å². The van der Waals surface area contributed by atoms with Crippen molar-refractivity contribution in [3.05, 3.63) is 0 Å². The van der Waals surface area contributed by atoms with Crippen LogP contribution < -0.4 is 0 Å². The lowest BCUT2D eigenvalue weighted by Crippen LogP contribution is -2.17. The Labute approximate surface area is 266 Å². The van der Waals surface area contributed by atoms with Crippen molar-refractivity contribution < 1.29 is 76.3 Å². The molecule has 16 heteroatoms.